The molecule has 0 aliphatic rings. The standard InChI is InChI=1S/C14H22N2O3/c1-3-5-7-19-8-6-15-13-10-11(14(17)18)9-12(4-2)16-13/h9-10H,3-8H2,1-2H3,(H,15,16)(H,17,18). The molecule has 1 aromatic heterocycles. The number of hydrogen-bond donors (Lipinski definition) is 2. The Kier molecular flexibility index (Phi) is 6.89. The first kappa shape index (κ1) is 15.4. The molecule has 2 N–H and O–H groups in total. The Balaban J connectivity index is 2.48. The molecule has 0 bridgehead atoms. The number of ether oxygens (including phenoxy) is 1. The Morgan fingerprint density at radius 2 is 2.16 bits per heavy atom. The number of aryl methyl sites for hydroxylation is 1. The van der Waals surface area contributed by atoms with Crippen molar-refractivity contribution in [2.45, 2.75) is 33.1 Å². The first-order valence-electron chi connectivity index (χ1n) is 6.73. The van der Waals surface area contributed by atoms with Gasteiger partial charge < -0.3 is 15.2 Å². The molecule has 0 aromatic carbocycles. The zero-order valence-electron chi connectivity index (χ0n) is 11.6. The quantitative estimate of drug-likeness (QED) is 0.672. The summed E-state index contributed by atoms with van der Waals surface area (Å²) in [7, 11) is 0. The average Bonchev–Trinajstić information content (AvgIpc) is 2.42. The number of unbranched alkanes of at least 4 members (excludes halogenated alkanes) is 1. The summed E-state index contributed by atoms with van der Waals surface area (Å²) in [4.78, 5) is 15.3. The molecule has 0 fully saturated rings. The summed E-state index contributed by atoms with van der Waals surface area (Å²) in [6.07, 6.45) is 2.89. The van der Waals surface area contributed by atoms with Crippen LogP contribution in [0.15, 0.2) is 12.1 Å². The number of anilines is 1. The monoisotopic (exact) mass is 266 g/mol. The van der Waals surface area contributed by atoms with Crippen molar-refractivity contribution in [1.82, 2.24) is 4.98 Å². The predicted octanol–water partition coefficient (Wildman–Crippen LogP) is 2.57. The highest BCUT2D eigenvalue weighted by Gasteiger charge is 2.07. The van der Waals surface area contributed by atoms with Crippen LogP contribution in [-0.2, 0) is 11.2 Å². The highest BCUT2D eigenvalue weighted by Crippen LogP contribution is 2.11. The molecule has 0 saturated heterocycles. The maximum absolute atomic E-state index is 11.0. The molecule has 0 atom stereocenters. The van der Waals surface area contributed by atoms with Crippen LogP contribution in [0.3, 0.4) is 0 Å². The zero-order chi connectivity index (χ0) is 14.1. The summed E-state index contributed by atoms with van der Waals surface area (Å²) in [5, 5.41) is 12.1. The Bertz CT molecular complexity index is 408. The number of nitrogens with one attached hydrogen (secondary N) is 1. The predicted molar refractivity (Wildman–Crippen MR) is 74.8 cm³/mol. The maximum atomic E-state index is 11.0. The second kappa shape index (κ2) is 8.48. The molecule has 0 amide bonds. The summed E-state index contributed by atoms with van der Waals surface area (Å²) in [6.45, 7) is 6.06. The third-order valence-electron chi connectivity index (χ3n) is 2.68. The van der Waals surface area contributed by atoms with E-state index in [0.717, 1.165) is 25.1 Å². The first-order chi connectivity index (χ1) is 9.17. The average molecular weight is 266 g/mol. The largest absolute Gasteiger partial charge is 0.478 e. The lowest BCUT2D eigenvalue weighted by Gasteiger charge is -2.09. The van der Waals surface area contributed by atoms with Gasteiger partial charge in [-0.2, -0.15) is 0 Å². The third-order valence-corrected chi connectivity index (χ3v) is 2.68. The van der Waals surface area contributed by atoms with Crippen LogP contribution >= 0.6 is 0 Å². The SMILES string of the molecule is CCCCOCCNc1cc(C(=O)O)cc(CC)n1. The van der Waals surface area contributed by atoms with Crippen molar-refractivity contribution in [2.75, 3.05) is 25.1 Å². The van der Waals surface area contributed by atoms with Crippen LogP contribution in [0, 0.1) is 0 Å². The van der Waals surface area contributed by atoms with Crippen LogP contribution in [0.4, 0.5) is 5.82 Å². The lowest BCUT2D eigenvalue weighted by molar-refractivity contribution is 0.0696. The molecule has 0 aliphatic heterocycles. The van der Waals surface area contributed by atoms with Crippen molar-refractivity contribution in [1.29, 1.82) is 0 Å². The fraction of sp³-hybridized carbons (Fsp3) is 0.571. The van der Waals surface area contributed by atoms with Crippen molar-refractivity contribution < 1.29 is 14.6 Å². The molecule has 0 aliphatic carbocycles. The number of carboxylic acids is 1. The van der Waals surface area contributed by atoms with Crippen molar-refractivity contribution in [3.05, 3.63) is 23.4 Å². The van der Waals surface area contributed by atoms with Gasteiger partial charge in [-0.1, -0.05) is 20.3 Å². The van der Waals surface area contributed by atoms with Crippen LogP contribution < -0.4 is 5.32 Å². The fourth-order valence-corrected chi connectivity index (χ4v) is 1.58. The molecule has 1 rings (SSSR count). The second-order valence-corrected chi connectivity index (χ2v) is 4.28. The number of aromatic nitrogens is 1. The van der Waals surface area contributed by atoms with E-state index in [1.54, 1.807) is 12.1 Å². The minimum Gasteiger partial charge on any atom is -0.478 e. The fourth-order valence-electron chi connectivity index (χ4n) is 1.58. The zero-order valence-corrected chi connectivity index (χ0v) is 11.6. The van der Waals surface area contributed by atoms with E-state index >= 15 is 0 Å². The molecule has 0 spiro atoms. The van der Waals surface area contributed by atoms with E-state index in [1.807, 2.05) is 6.92 Å². The molecule has 0 saturated carbocycles. The lowest BCUT2D eigenvalue weighted by atomic mass is 10.2. The number of rotatable bonds is 9. The molecular weight excluding hydrogens is 244 g/mol. The lowest BCUT2D eigenvalue weighted by Crippen LogP contribution is -2.12. The van der Waals surface area contributed by atoms with E-state index in [9.17, 15) is 4.79 Å². The van der Waals surface area contributed by atoms with Crippen LogP contribution in [0.25, 0.3) is 0 Å². The number of aromatic carboxylic acids is 1. The number of carboxylic acid groups (broad SMARTS) is 1. The van der Waals surface area contributed by atoms with Crippen molar-refractivity contribution >= 4 is 11.8 Å². The number of carbonyl (C=O) groups is 1. The van der Waals surface area contributed by atoms with E-state index in [2.05, 4.69) is 17.2 Å². The topological polar surface area (TPSA) is 71.5 Å². The molecular formula is C14H22N2O3. The van der Waals surface area contributed by atoms with Gasteiger partial charge in [-0.3, -0.25) is 0 Å². The molecule has 19 heavy (non-hydrogen) atoms. The van der Waals surface area contributed by atoms with E-state index in [1.165, 1.54) is 0 Å². The Labute approximate surface area is 114 Å². The number of hydrogen-bond acceptors (Lipinski definition) is 4. The summed E-state index contributed by atoms with van der Waals surface area (Å²) >= 11 is 0. The smallest absolute Gasteiger partial charge is 0.335 e. The van der Waals surface area contributed by atoms with E-state index in [0.29, 0.717) is 25.4 Å². The molecule has 0 unspecified atom stereocenters. The van der Waals surface area contributed by atoms with Crippen LogP contribution in [0.1, 0.15) is 42.7 Å². The maximum Gasteiger partial charge on any atom is 0.335 e. The van der Waals surface area contributed by atoms with Gasteiger partial charge >= 0.3 is 5.97 Å². The summed E-state index contributed by atoms with van der Waals surface area (Å²) in [5.41, 5.74) is 1.04. The summed E-state index contributed by atoms with van der Waals surface area (Å²) in [5.74, 6) is -0.338. The van der Waals surface area contributed by atoms with E-state index < -0.39 is 5.97 Å². The highest BCUT2D eigenvalue weighted by molar-refractivity contribution is 5.88. The summed E-state index contributed by atoms with van der Waals surface area (Å²) < 4.78 is 5.42. The van der Waals surface area contributed by atoms with Crippen LogP contribution in [-0.4, -0.2) is 35.8 Å². The van der Waals surface area contributed by atoms with Crippen LogP contribution in [0.2, 0.25) is 0 Å². The van der Waals surface area contributed by atoms with Gasteiger partial charge in [0, 0.05) is 18.8 Å². The van der Waals surface area contributed by atoms with Crippen molar-refractivity contribution in [3.63, 3.8) is 0 Å². The van der Waals surface area contributed by atoms with Gasteiger partial charge in [0.15, 0.2) is 0 Å². The van der Waals surface area contributed by atoms with Crippen molar-refractivity contribution in [3.8, 4) is 0 Å². The van der Waals surface area contributed by atoms with Gasteiger partial charge in [0.1, 0.15) is 5.82 Å². The second-order valence-electron chi connectivity index (χ2n) is 4.28. The molecule has 1 heterocycles. The Hall–Kier alpha value is -1.62. The minimum absolute atomic E-state index is 0.265. The summed E-state index contributed by atoms with van der Waals surface area (Å²) in [6, 6.07) is 3.15. The normalized spacial score (nSPS) is 10.4. The van der Waals surface area contributed by atoms with Gasteiger partial charge in [-0.15, -0.1) is 0 Å². The number of pyridine rings is 1. The molecule has 5 nitrogen and oxygen atoms in total. The Morgan fingerprint density at radius 1 is 1.37 bits per heavy atom. The van der Waals surface area contributed by atoms with Gasteiger partial charge in [0.25, 0.3) is 0 Å². The van der Waals surface area contributed by atoms with Gasteiger partial charge in [0.05, 0.1) is 12.2 Å². The van der Waals surface area contributed by atoms with Crippen molar-refractivity contribution in [2.24, 2.45) is 0 Å². The molecule has 0 radical (unpaired) electrons. The van der Waals surface area contributed by atoms with Gasteiger partial charge in [-0.05, 0) is 25.0 Å². The first-order valence-corrected chi connectivity index (χ1v) is 6.73. The highest BCUT2D eigenvalue weighted by atomic mass is 16.5. The van der Waals surface area contributed by atoms with Crippen LogP contribution in [0.5, 0.6) is 0 Å². The van der Waals surface area contributed by atoms with Gasteiger partial charge in [-0.25, -0.2) is 9.78 Å². The molecule has 5 heteroatoms. The Morgan fingerprint density at radius 3 is 2.79 bits per heavy atom. The molecule has 1 aromatic rings. The minimum atomic E-state index is -0.931. The molecule has 106 valence electrons. The van der Waals surface area contributed by atoms with E-state index in [4.69, 9.17) is 9.84 Å². The number of nitrogens with zero attached hydrogens (tertiary/aromatic N) is 1. The third kappa shape index (κ3) is 5.70. The van der Waals surface area contributed by atoms with Gasteiger partial charge in [0.2, 0.25) is 0 Å². The van der Waals surface area contributed by atoms with E-state index in [-0.39, 0.29) is 5.56 Å².